The molecule has 0 aliphatic heterocycles. The Morgan fingerprint density at radius 1 is 0.893 bits per heavy atom. The second-order valence-corrected chi connectivity index (χ2v) is 7.22. The Kier molecular flexibility index (Phi) is 6.80. The summed E-state index contributed by atoms with van der Waals surface area (Å²) in [6.45, 7) is 4.70. The molecule has 3 aromatic carbocycles. The quantitative estimate of drug-likeness (QED) is 0.565. The van der Waals surface area contributed by atoms with E-state index in [9.17, 15) is 4.79 Å². The van der Waals surface area contributed by atoms with E-state index >= 15 is 0 Å². The smallest absolute Gasteiger partial charge is 0.228 e. The van der Waals surface area contributed by atoms with E-state index in [1.165, 1.54) is 5.56 Å². The number of nitrogens with one attached hydrogen (secondary N) is 1. The highest BCUT2D eigenvalue weighted by Crippen LogP contribution is 2.27. The third-order valence-corrected chi connectivity index (χ3v) is 4.95. The molecule has 142 valence electrons. The molecule has 1 amide bonds. The third-order valence-electron chi connectivity index (χ3n) is 4.95. The number of aryl methyl sites for hydroxylation is 1. The summed E-state index contributed by atoms with van der Waals surface area (Å²) in [4.78, 5) is 13.1. The van der Waals surface area contributed by atoms with Crippen LogP contribution in [-0.2, 0) is 11.3 Å². The molecule has 0 spiro atoms. The lowest BCUT2D eigenvalue weighted by Crippen LogP contribution is -2.32. The largest absolute Gasteiger partial charge is 0.351 e. The second-order valence-electron chi connectivity index (χ2n) is 7.22. The first kappa shape index (κ1) is 19.6. The van der Waals surface area contributed by atoms with Crippen LogP contribution in [0.4, 0.5) is 0 Å². The van der Waals surface area contributed by atoms with Gasteiger partial charge in [-0.05, 0) is 29.5 Å². The lowest BCUT2D eigenvalue weighted by atomic mass is 9.85. The first-order valence-electron chi connectivity index (χ1n) is 9.75. The molecule has 0 bridgehead atoms. The molecule has 1 N–H and O–H groups in total. The Morgan fingerprint density at radius 3 is 2.14 bits per heavy atom. The third kappa shape index (κ3) is 5.43. The standard InChI is InChI=1S/C26H27NO/c1-20-13-17-24(18-14-20)25(21(2)15-16-22-9-5-3-6-10-22)26(28)27-19-23-11-7-4-8-12-23/h3-18,21,25H,19H2,1-2H3,(H,27,28)/b16-15+/t21-,25-/m0/s1. The van der Waals surface area contributed by atoms with E-state index in [0.29, 0.717) is 6.54 Å². The van der Waals surface area contributed by atoms with Crippen LogP contribution in [-0.4, -0.2) is 5.91 Å². The minimum atomic E-state index is -0.232. The van der Waals surface area contributed by atoms with Gasteiger partial charge in [0.25, 0.3) is 0 Å². The minimum Gasteiger partial charge on any atom is -0.351 e. The normalized spacial score (nSPS) is 13.2. The Morgan fingerprint density at radius 2 is 1.50 bits per heavy atom. The molecule has 0 unspecified atom stereocenters. The predicted octanol–water partition coefficient (Wildman–Crippen LogP) is 5.74. The monoisotopic (exact) mass is 369 g/mol. The van der Waals surface area contributed by atoms with Gasteiger partial charge >= 0.3 is 0 Å². The van der Waals surface area contributed by atoms with Gasteiger partial charge in [0.2, 0.25) is 5.91 Å². The molecule has 2 nitrogen and oxygen atoms in total. The molecule has 0 radical (unpaired) electrons. The van der Waals surface area contributed by atoms with Gasteiger partial charge in [-0.15, -0.1) is 0 Å². The van der Waals surface area contributed by atoms with Crippen molar-refractivity contribution < 1.29 is 4.79 Å². The molecular weight excluding hydrogens is 342 g/mol. The van der Waals surface area contributed by atoms with Crippen LogP contribution in [0.25, 0.3) is 6.08 Å². The second kappa shape index (κ2) is 9.70. The number of hydrogen-bond donors (Lipinski definition) is 1. The van der Waals surface area contributed by atoms with Crippen molar-refractivity contribution in [2.24, 2.45) is 5.92 Å². The van der Waals surface area contributed by atoms with Gasteiger partial charge in [0.1, 0.15) is 0 Å². The summed E-state index contributed by atoms with van der Waals surface area (Å²) in [6.07, 6.45) is 4.22. The van der Waals surface area contributed by atoms with Crippen LogP contribution < -0.4 is 5.32 Å². The molecular formula is C26H27NO. The molecule has 0 aromatic heterocycles. The van der Waals surface area contributed by atoms with Crippen LogP contribution in [0.1, 0.15) is 35.1 Å². The summed E-state index contributed by atoms with van der Waals surface area (Å²) in [5.74, 6) is -0.110. The molecule has 2 heteroatoms. The van der Waals surface area contributed by atoms with E-state index in [1.54, 1.807) is 0 Å². The Balaban J connectivity index is 1.78. The Labute approximate surface area is 167 Å². The van der Waals surface area contributed by atoms with E-state index in [-0.39, 0.29) is 17.7 Å². The first-order valence-corrected chi connectivity index (χ1v) is 9.75. The maximum absolute atomic E-state index is 13.1. The minimum absolute atomic E-state index is 0.0536. The summed E-state index contributed by atoms with van der Waals surface area (Å²) in [6, 6.07) is 28.5. The fourth-order valence-corrected chi connectivity index (χ4v) is 3.30. The summed E-state index contributed by atoms with van der Waals surface area (Å²) in [7, 11) is 0. The zero-order chi connectivity index (χ0) is 19.8. The maximum Gasteiger partial charge on any atom is 0.228 e. The van der Waals surface area contributed by atoms with Crippen LogP contribution in [0.2, 0.25) is 0 Å². The summed E-state index contributed by atoms with van der Waals surface area (Å²) in [5.41, 5.74) is 4.48. The molecule has 2 atom stereocenters. The van der Waals surface area contributed by atoms with Crippen LogP contribution in [0.5, 0.6) is 0 Å². The van der Waals surface area contributed by atoms with Gasteiger partial charge in [0.15, 0.2) is 0 Å². The van der Waals surface area contributed by atoms with Gasteiger partial charge < -0.3 is 5.32 Å². The van der Waals surface area contributed by atoms with Crippen molar-refractivity contribution in [1.82, 2.24) is 5.32 Å². The average molecular weight is 370 g/mol. The average Bonchev–Trinajstić information content (AvgIpc) is 2.74. The van der Waals surface area contributed by atoms with E-state index in [4.69, 9.17) is 0 Å². The molecule has 0 aliphatic rings. The van der Waals surface area contributed by atoms with Gasteiger partial charge in [-0.2, -0.15) is 0 Å². The van der Waals surface area contributed by atoms with Crippen molar-refractivity contribution in [2.45, 2.75) is 26.3 Å². The number of hydrogen-bond acceptors (Lipinski definition) is 1. The number of carbonyl (C=O) groups is 1. The first-order chi connectivity index (χ1) is 13.6. The van der Waals surface area contributed by atoms with E-state index < -0.39 is 0 Å². The van der Waals surface area contributed by atoms with Crippen molar-refractivity contribution in [3.63, 3.8) is 0 Å². The summed E-state index contributed by atoms with van der Waals surface area (Å²) >= 11 is 0. The van der Waals surface area contributed by atoms with Crippen molar-refractivity contribution in [1.29, 1.82) is 0 Å². The summed E-state index contributed by atoms with van der Waals surface area (Å²) in [5, 5.41) is 3.12. The fraction of sp³-hybridized carbons (Fsp3) is 0.192. The number of carbonyl (C=O) groups excluding carboxylic acids is 1. The molecule has 3 aromatic rings. The van der Waals surface area contributed by atoms with Gasteiger partial charge in [-0.1, -0.05) is 110 Å². The highest BCUT2D eigenvalue weighted by Gasteiger charge is 2.25. The van der Waals surface area contributed by atoms with Crippen LogP contribution in [0, 0.1) is 12.8 Å². The molecule has 28 heavy (non-hydrogen) atoms. The molecule has 0 aliphatic carbocycles. The van der Waals surface area contributed by atoms with Crippen molar-refractivity contribution in [3.05, 3.63) is 113 Å². The van der Waals surface area contributed by atoms with Crippen molar-refractivity contribution in [2.75, 3.05) is 0 Å². The molecule has 0 saturated carbocycles. The molecule has 0 saturated heterocycles. The van der Waals surface area contributed by atoms with E-state index in [0.717, 1.165) is 16.7 Å². The molecule has 0 fully saturated rings. The maximum atomic E-state index is 13.1. The van der Waals surface area contributed by atoms with Crippen molar-refractivity contribution >= 4 is 12.0 Å². The van der Waals surface area contributed by atoms with Crippen molar-refractivity contribution in [3.8, 4) is 0 Å². The topological polar surface area (TPSA) is 29.1 Å². The van der Waals surface area contributed by atoms with E-state index in [1.807, 2.05) is 48.5 Å². The Hall–Kier alpha value is -3.13. The number of allylic oxidation sites excluding steroid dienone is 1. The predicted molar refractivity (Wildman–Crippen MR) is 117 cm³/mol. The van der Waals surface area contributed by atoms with Crippen LogP contribution in [0.3, 0.4) is 0 Å². The van der Waals surface area contributed by atoms with Gasteiger partial charge in [0.05, 0.1) is 5.92 Å². The molecule has 0 heterocycles. The number of amides is 1. The number of benzene rings is 3. The van der Waals surface area contributed by atoms with Gasteiger partial charge in [-0.25, -0.2) is 0 Å². The van der Waals surface area contributed by atoms with Crippen LogP contribution >= 0.6 is 0 Å². The van der Waals surface area contributed by atoms with Crippen LogP contribution in [0.15, 0.2) is 91.0 Å². The van der Waals surface area contributed by atoms with Gasteiger partial charge in [0, 0.05) is 6.54 Å². The highest BCUT2D eigenvalue weighted by molar-refractivity contribution is 5.84. The fourth-order valence-electron chi connectivity index (χ4n) is 3.30. The van der Waals surface area contributed by atoms with Gasteiger partial charge in [-0.3, -0.25) is 4.79 Å². The zero-order valence-electron chi connectivity index (χ0n) is 16.5. The lowest BCUT2D eigenvalue weighted by Gasteiger charge is -2.22. The SMILES string of the molecule is Cc1ccc([C@@H](C(=O)NCc2ccccc2)[C@@H](C)/C=C/c2ccccc2)cc1. The highest BCUT2D eigenvalue weighted by atomic mass is 16.1. The summed E-state index contributed by atoms with van der Waals surface area (Å²) < 4.78 is 0. The number of rotatable bonds is 7. The zero-order valence-corrected chi connectivity index (χ0v) is 16.5. The van der Waals surface area contributed by atoms with E-state index in [2.05, 4.69) is 67.7 Å². The lowest BCUT2D eigenvalue weighted by molar-refractivity contribution is -0.123. The molecule has 3 rings (SSSR count). The Bertz CT molecular complexity index is 898.